The number of rotatable bonds is 0. The normalized spacial score (nSPS) is 11.3. The molecule has 0 saturated carbocycles. The molecule has 208 valence electrons. The van der Waals surface area contributed by atoms with Crippen molar-refractivity contribution in [2.24, 2.45) is 0 Å². The first-order chi connectivity index (χ1) is 19.9. The molecule has 0 atom stereocenters. The minimum atomic E-state index is 0. The van der Waals surface area contributed by atoms with Gasteiger partial charge in [0.1, 0.15) is 0 Å². The van der Waals surface area contributed by atoms with Gasteiger partial charge in [-0.3, -0.25) is 12.2 Å². The van der Waals surface area contributed by atoms with Crippen molar-refractivity contribution >= 4 is 51.5 Å². The van der Waals surface area contributed by atoms with Crippen LogP contribution in [0.1, 0.15) is 12.8 Å². The Kier molecular flexibility index (Phi) is 20.0. The SMILES string of the molecule is [C-]1=CC=CC1.[C-]1=CC=CC1.[CH2]=[Zr+2].[CH2]=[Zr+2].[Cl-].[Cl-].c1ccc2c(c1)[cH-]c1ccccc12.c1ccc2c(c1)[cH-]c1ccccc12. The van der Waals surface area contributed by atoms with E-state index in [4.69, 9.17) is 0 Å². The van der Waals surface area contributed by atoms with Gasteiger partial charge >= 0.3 is 56.9 Å². The average molecular weight is 742 g/mol. The van der Waals surface area contributed by atoms with Crippen LogP contribution in [-0.2, 0) is 48.5 Å². The molecule has 8 rings (SSSR count). The topological polar surface area (TPSA) is 0 Å². The third kappa shape index (κ3) is 11.1. The van der Waals surface area contributed by atoms with Gasteiger partial charge in [-0.15, -0.1) is 92.3 Å². The molecular weight excluding hydrogens is 710 g/mol. The molecule has 0 saturated heterocycles. The molecule has 2 aliphatic carbocycles. The standard InChI is InChI=1S/2C13H9.2C5H5.2CH2.2ClH.2Zr/c2*1-3-7-12-10(5-1)9-11-6-2-4-8-13(11)12;2*1-2-4-5-3-1;;;;;;/h2*1-9H;2*1-3H,4H2;2*1H2;2*1H;;/q4*-1;;;;;2*+2/p-2. The summed E-state index contributed by atoms with van der Waals surface area (Å²) in [5, 5.41) is 10.8. The summed E-state index contributed by atoms with van der Waals surface area (Å²) < 4.78 is 6.68. The van der Waals surface area contributed by atoms with E-state index in [1.807, 2.05) is 24.3 Å². The van der Waals surface area contributed by atoms with Crippen LogP contribution in [0.2, 0.25) is 0 Å². The van der Waals surface area contributed by atoms with Crippen molar-refractivity contribution in [3.63, 3.8) is 0 Å². The zero-order valence-corrected chi connectivity index (χ0v) is 29.9. The molecule has 0 aliphatic heterocycles. The van der Waals surface area contributed by atoms with Crippen molar-refractivity contribution in [1.82, 2.24) is 0 Å². The predicted octanol–water partition coefficient (Wildman–Crippen LogP) is 3.97. The second kappa shape index (κ2) is 22.2. The van der Waals surface area contributed by atoms with Gasteiger partial charge in [-0.2, -0.15) is 12.2 Å². The molecule has 0 amide bonds. The van der Waals surface area contributed by atoms with E-state index in [2.05, 4.69) is 142 Å². The molecule has 0 N–H and O–H groups in total. The van der Waals surface area contributed by atoms with Gasteiger partial charge in [0.15, 0.2) is 0 Å². The first kappa shape index (κ1) is 37.7. The molecule has 0 aromatic heterocycles. The van der Waals surface area contributed by atoms with Crippen molar-refractivity contribution in [2.75, 3.05) is 0 Å². The third-order valence-corrected chi connectivity index (χ3v) is 6.22. The van der Waals surface area contributed by atoms with E-state index in [1.165, 1.54) is 91.6 Å². The molecule has 2 aliphatic rings. The summed E-state index contributed by atoms with van der Waals surface area (Å²) in [6.07, 6.45) is 20.0. The summed E-state index contributed by atoms with van der Waals surface area (Å²) in [6, 6.07) is 38.5. The molecule has 0 unspecified atom stereocenters. The van der Waals surface area contributed by atoms with E-state index in [0.717, 1.165) is 12.8 Å². The Balaban J connectivity index is 0.000000284. The number of halogens is 2. The maximum Gasteiger partial charge on any atom is -0.0771 e. The van der Waals surface area contributed by atoms with E-state index in [-0.39, 0.29) is 24.8 Å². The van der Waals surface area contributed by atoms with Crippen LogP contribution < -0.4 is 24.8 Å². The van der Waals surface area contributed by atoms with Gasteiger partial charge in [0, 0.05) is 0 Å². The van der Waals surface area contributed by atoms with Gasteiger partial charge < -0.3 is 24.8 Å². The van der Waals surface area contributed by atoms with E-state index < -0.39 is 0 Å². The van der Waals surface area contributed by atoms with Crippen LogP contribution in [0.15, 0.2) is 146 Å². The first-order valence-corrected chi connectivity index (χ1v) is 16.6. The molecule has 0 fully saturated rings. The Bertz CT molecular complexity index is 1480. The van der Waals surface area contributed by atoms with Crippen LogP contribution in [0.5, 0.6) is 0 Å². The summed E-state index contributed by atoms with van der Waals surface area (Å²) in [7, 11) is 0. The quantitative estimate of drug-likeness (QED) is 0.207. The second-order valence-electron chi connectivity index (χ2n) is 8.64. The molecule has 0 heterocycles. The second-order valence-corrected chi connectivity index (χ2v) is 8.64. The van der Waals surface area contributed by atoms with Gasteiger partial charge in [-0.1, -0.05) is 72.8 Å². The van der Waals surface area contributed by atoms with Crippen LogP contribution in [0.4, 0.5) is 0 Å². The minimum Gasteiger partial charge on any atom is -1.00 e. The van der Waals surface area contributed by atoms with Crippen LogP contribution >= 0.6 is 0 Å². The minimum absolute atomic E-state index is 0. The van der Waals surface area contributed by atoms with Crippen LogP contribution in [0.25, 0.3) is 43.1 Å². The van der Waals surface area contributed by atoms with Crippen LogP contribution in [0.3, 0.4) is 0 Å². The van der Waals surface area contributed by atoms with E-state index in [1.54, 1.807) is 0 Å². The fourth-order valence-corrected chi connectivity index (χ4v) is 4.49. The van der Waals surface area contributed by atoms with Crippen molar-refractivity contribution in [3.05, 3.63) is 158 Å². The predicted molar refractivity (Wildman–Crippen MR) is 171 cm³/mol. The van der Waals surface area contributed by atoms with Crippen LogP contribution in [0, 0.1) is 12.2 Å². The largest absolute Gasteiger partial charge is 1.00 e. The molecule has 0 bridgehead atoms. The Labute approximate surface area is 292 Å². The summed E-state index contributed by atoms with van der Waals surface area (Å²) in [5.41, 5.74) is 0. The summed E-state index contributed by atoms with van der Waals surface area (Å²) in [4.78, 5) is 0. The van der Waals surface area contributed by atoms with Crippen molar-refractivity contribution in [1.29, 1.82) is 0 Å². The number of hydrogen-bond donors (Lipinski definition) is 0. The first-order valence-electron chi connectivity index (χ1n) is 13.1. The van der Waals surface area contributed by atoms with E-state index in [0.29, 0.717) is 0 Å². The number of hydrogen-bond acceptors (Lipinski definition) is 0. The molecule has 6 aromatic carbocycles. The number of fused-ring (bicyclic) bond motifs is 6. The molecule has 0 radical (unpaired) electrons. The molecule has 0 nitrogen and oxygen atoms in total. The molecule has 0 spiro atoms. The smallest absolute Gasteiger partial charge is 0.0771 e. The molecule has 4 heteroatoms. The fourth-order valence-electron chi connectivity index (χ4n) is 4.49. The monoisotopic (exact) mass is 738 g/mol. The third-order valence-electron chi connectivity index (χ3n) is 6.22. The Morgan fingerprint density at radius 2 is 0.714 bits per heavy atom. The van der Waals surface area contributed by atoms with Gasteiger partial charge in [-0.25, -0.2) is 24.3 Å². The fraction of sp³-hybridized carbons (Fsp3) is 0.0526. The zero-order valence-electron chi connectivity index (χ0n) is 23.4. The maximum atomic E-state index is 3.34. The van der Waals surface area contributed by atoms with Crippen LogP contribution in [-0.4, -0.2) is 8.42 Å². The summed E-state index contributed by atoms with van der Waals surface area (Å²) >= 11 is 2.60. The van der Waals surface area contributed by atoms with Crippen molar-refractivity contribution in [3.8, 4) is 0 Å². The van der Waals surface area contributed by atoms with Gasteiger partial charge in [0.05, 0.1) is 0 Å². The number of allylic oxidation sites excluding steroid dienone is 8. The molecular formula is C38H32Cl2Zr2-2. The van der Waals surface area contributed by atoms with Gasteiger partial charge in [-0.05, 0) is 0 Å². The summed E-state index contributed by atoms with van der Waals surface area (Å²) in [5.74, 6) is 0. The Morgan fingerprint density at radius 3 is 0.905 bits per heavy atom. The zero-order chi connectivity index (χ0) is 28.4. The Morgan fingerprint density at radius 1 is 0.452 bits per heavy atom. The van der Waals surface area contributed by atoms with Crippen molar-refractivity contribution < 1.29 is 73.3 Å². The maximum absolute atomic E-state index is 3.34. The Hall–Kier alpha value is -2.33. The number of benzene rings is 4. The van der Waals surface area contributed by atoms with E-state index in [9.17, 15) is 0 Å². The van der Waals surface area contributed by atoms with Gasteiger partial charge in [0.25, 0.3) is 0 Å². The summed E-state index contributed by atoms with van der Waals surface area (Å²) in [6.45, 7) is 0. The average Bonchev–Trinajstić information content (AvgIpc) is 3.87. The van der Waals surface area contributed by atoms with Crippen molar-refractivity contribution in [2.45, 2.75) is 12.8 Å². The van der Waals surface area contributed by atoms with E-state index >= 15 is 0 Å². The van der Waals surface area contributed by atoms with Gasteiger partial charge in [0.2, 0.25) is 0 Å². The molecule has 6 aromatic rings. The molecule has 42 heavy (non-hydrogen) atoms.